The predicted molar refractivity (Wildman–Crippen MR) is 77.3 cm³/mol. The molecule has 2 rings (SSSR count). The molecule has 0 saturated carbocycles. The van der Waals surface area contributed by atoms with Gasteiger partial charge in [0.1, 0.15) is 0 Å². The minimum absolute atomic E-state index is 0.0236. The second kappa shape index (κ2) is 6.00. The molecule has 0 aromatic carbocycles. The maximum absolute atomic E-state index is 12.5. The molecule has 0 spiro atoms. The predicted octanol–water partition coefficient (Wildman–Crippen LogP) is 1.20. The van der Waals surface area contributed by atoms with Gasteiger partial charge < -0.3 is 20.5 Å². The van der Waals surface area contributed by atoms with E-state index in [1.54, 1.807) is 0 Å². The third kappa shape index (κ3) is 2.85. The molecule has 2 aliphatic rings. The Hall–Kier alpha value is -0.650. The van der Waals surface area contributed by atoms with Crippen molar-refractivity contribution in [2.75, 3.05) is 19.8 Å². The summed E-state index contributed by atoms with van der Waals surface area (Å²) in [7, 11) is 0. The van der Waals surface area contributed by atoms with Crippen LogP contribution in [0.1, 0.15) is 46.5 Å². The Kier molecular flexibility index (Phi) is 4.72. The van der Waals surface area contributed by atoms with Gasteiger partial charge in [-0.25, -0.2) is 0 Å². The molecule has 20 heavy (non-hydrogen) atoms. The highest BCUT2D eigenvalue weighted by Gasteiger charge is 2.45. The highest BCUT2D eigenvalue weighted by Crippen LogP contribution is 2.33. The van der Waals surface area contributed by atoms with Gasteiger partial charge in [0.15, 0.2) is 0 Å². The summed E-state index contributed by atoms with van der Waals surface area (Å²) in [4.78, 5) is 12.5. The number of hydrogen-bond donors (Lipinski definition) is 2. The fourth-order valence-corrected chi connectivity index (χ4v) is 3.17. The lowest BCUT2D eigenvalue weighted by Gasteiger charge is -2.41. The van der Waals surface area contributed by atoms with Gasteiger partial charge in [0.05, 0.1) is 24.2 Å². The zero-order chi connectivity index (χ0) is 14.8. The van der Waals surface area contributed by atoms with Gasteiger partial charge >= 0.3 is 0 Å². The van der Waals surface area contributed by atoms with Crippen LogP contribution in [-0.2, 0) is 14.3 Å². The lowest BCUT2D eigenvalue weighted by atomic mass is 9.82. The molecule has 5 heteroatoms. The number of nitrogens with one attached hydrogen (secondary N) is 1. The monoisotopic (exact) mass is 284 g/mol. The van der Waals surface area contributed by atoms with E-state index in [0.29, 0.717) is 19.8 Å². The third-order valence-corrected chi connectivity index (χ3v) is 5.15. The van der Waals surface area contributed by atoms with Crippen molar-refractivity contribution in [2.24, 2.45) is 11.1 Å². The Morgan fingerprint density at radius 1 is 1.40 bits per heavy atom. The van der Waals surface area contributed by atoms with Crippen LogP contribution in [0.25, 0.3) is 0 Å². The van der Waals surface area contributed by atoms with Crippen molar-refractivity contribution in [1.29, 1.82) is 0 Å². The highest BCUT2D eigenvalue weighted by molar-refractivity contribution is 5.83. The first-order valence-corrected chi connectivity index (χ1v) is 7.74. The number of ether oxygens (including phenoxy) is 2. The van der Waals surface area contributed by atoms with E-state index in [9.17, 15) is 4.79 Å². The van der Waals surface area contributed by atoms with E-state index in [4.69, 9.17) is 15.2 Å². The summed E-state index contributed by atoms with van der Waals surface area (Å²) in [5.41, 5.74) is 5.34. The summed E-state index contributed by atoms with van der Waals surface area (Å²) in [6, 6.07) is -0.0368. The lowest BCUT2D eigenvalue weighted by Crippen LogP contribution is -2.55. The van der Waals surface area contributed by atoms with E-state index in [2.05, 4.69) is 19.2 Å². The van der Waals surface area contributed by atoms with E-state index >= 15 is 0 Å². The van der Waals surface area contributed by atoms with Crippen molar-refractivity contribution in [1.82, 2.24) is 5.32 Å². The van der Waals surface area contributed by atoms with Gasteiger partial charge in [-0.05, 0) is 32.6 Å². The van der Waals surface area contributed by atoms with Crippen LogP contribution >= 0.6 is 0 Å². The highest BCUT2D eigenvalue weighted by atomic mass is 16.5. The number of carbonyl (C=O) groups is 1. The van der Waals surface area contributed by atoms with Crippen molar-refractivity contribution < 1.29 is 14.3 Å². The van der Waals surface area contributed by atoms with Gasteiger partial charge in [0, 0.05) is 18.7 Å². The zero-order valence-corrected chi connectivity index (χ0v) is 12.9. The average molecular weight is 284 g/mol. The summed E-state index contributed by atoms with van der Waals surface area (Å²) in [6.07, 6.45) is 3.73. The number of rotatable bonds is 4. The van der Waals surface area contributed by atoms with E-state index < -0.39 is 5.41 Å². The van der Waals surface area contributed by atoms with Crippen LogP contribution in [0.4, 0.5) is 0 Å². The summed E-state index contributed by atoms with van der Waals surface area (Å²) in [5, 5.41) is 3.18. The van der Waals surface area contributed by atoms with E-state index in [1.165, 1.54) is 0 Å². The van der Waals surface area contributed by atoms with Crippen LogP contribution in [0.15, 0.2) is 0 Å². The van der Waals surface area contributed by atoms with Crippen LogP contribution in [0.5, 0.6) is 0 Å². The van der Waals surface area contributed by atoms with Gasteiger partial charge in [-0.2, -0.15) is 0 Å². The molecule has 0 radical (unpaired) electrons. The molecule has 3 atom stereocenters. The number of carbonyl (C=O) groups excluding carboxylic acids is 1. The molecule has 2 saturated heterocycles. The third-order valence-electron chi connectivity index (χ3n) is 5.15. The molecule has 3 N–H and O–H groups in total. The maximum atomic E-state index is 12.5. The van der Waals surface area contributed by atoms with Crippen molar-refractivity contribution in [3.63, 3.8) is 0 Å². The molecule has 0 aromatic rings. The number of amides is 1. The minimum atomic E-state index is -0.598. The largest absolute Gasteiger partial charge is 0.379 e. The fraction of sp³-hybridized carbons (Fsp3) is 0.933. The zero-order valence-electron chi connectivity index (χ0n) is 12.9. The summed E-state index contributed by atoms with van der Waals surface area (Å²) in [5.74, 6) is 0.0236. The molecular weight excluding hydrogens is 256 g/mol. The first-order valence-electron chi connectivity index (χ1n) is 7.74. The SMILES string of the molecule is CCC1(CC)CC(NC(=O)C2(C)COCC2N)CCO1. The van der Waals surface area contributed by atoms with Crippen molar-refractivity contribution in [3.05, 3.63) is 0 Å². The molecule has 3 unspecified atom stereocenters. The van der Waals surface area contributed by atoms with Crippen molar-refractivity contribution in [2.45, 2.75) is 64.1 Å². The number of nitrogens with two attached hydrogens (primary N) is 1. The van der Waals surface area contributed by atoms with E-state index in [-0.39, 0.29) is 23.6 Å². The smallest absolute Gasteiger partial charge is 0.230 e. The van der Waals surface area contributed by atoms with Crippen LogP contribution in [-0.4, -0.2) is 43.4 Å². The van der Waals surface area contributed by atoms with Crippen LogP contribution < -0.4 is 11.1 Å². The molecule has 0 aliphatic carbocycles. The van der Waals surface area contributed by atoms with Gasteiger partial charge in [-0.3, -0.25) is 4.79 Å². The topological polar surface area (TPSA) is 73.6 Å². The molecule has 1 amide bonds. The van der Waals surface area contributed by atoms with Crippen LogP contribution in [0.3, 0.4) is 0 Å². The molecular formula is C15H28N2O3. The first-order chi connectivity index (χ1) is 9.46. The van der Waals surface area contributed by atoms with Gasteiger partial charge in [0.25, 0.3) is 0 Å². The van der Waals surface area contributed by atoms with E-state index in [0.717, 1.165) is 25.7 Å². The molecule has 2 fully saturated rings. The molecule has 116 valence electrons. The molecule has 0 aromatic heterocycles. The summed E-state index contributed by atoms with van der Waals surface area (Å²) < 4.78 is 11.3. The molecule has 2 aliphatic heterocycles. The first kappa shape index (κ1) is 15.7. The standard InChI is InChI=1S/C15H28N2O3/c1-4-15(5-2)8-11(6-7-20-15)17-13(18)14(3)10-19-9-12(14)16/h11-12H,4-10,16H2,1-3H3,(H,17,18). The lowest BCUT2D eigenvalue weighted by molar-refractivity contribution is -0.135. The van der Waals surface area contributed by atoms with Gasteiger partial charge in [-0.1, -0.05) is 13.8 Å². The normalized spacial score (nSPS) is 36.8. The second-order valence-corrected chi connectivity index (χ2v) is 6.44. The molecule has 2 heterocycles. The molecule has 5 nitrogen and oxygen atoms in total. The van der Waals surface area contributed by atoms with Crippen molar-refractivity contribution >= 4 is 5.91 Å². The second-order valence-electron chi connectivity index (χ2n) is 6.44. The van der Waals surface area contributed by atoms with E-state index in [1.807, 2.05) is 6.92 Å². The Balaban J connectivity index is 1.97. The fourth-order valence-electron chi connectivity index (χ4n) is 3.17. The summed E-state index contributed by atoms with van der Waals surface area (Å²) >= 11 is 0. The maximum Gasteiger partial charge on any atom is 0.230 e. The Morgan fingerprint density at radius 2 is 2.10 bits per heavy atom. The summed E-state index contributed by atoms with van der Waals surface area (Å²) in [6.45, 7) is 7.78. The van der Waals surface area contributed by atoms with Gasteiger partial charge in [0.2, 0.25) is 5.91 Å². The Bertz CT molecular complexity index is 357. The minimum Gasteiger partial charge on any atom is -0.379 e. The Morgan fingerprint density at radius 3 is 2.65 bits per heavy atom. The van der Waals surface area contributed by atoms with Crippen molar-refractivity contribution in [3.8, 4) is 0 Å². The van der Waals surface area contributed by atoms with Crippen LogP contribution in [0.2, 0.25) is 0 Å². The van der Waals surface area contributed by atoms with Crippen LogP contribution in [0, 0.1) is 5.41 Å². The Labute approximate surface area is 121 Å². The van der Waals surface area contributed by atoms with Gasteiger partial charge in [-0.15, -0.1) is 0 Å². The quantitative estimate of drug-likeness (QED) is 0.813. The molecule has 0 bridgehead atoms. The average Bonchev–Trinajstić information content (AvgIpc) is 2.80. The number of hydrogen-bond acceptors (Lipinski definition) is 4.